The SMILES string of the molecule is C=CC[C@H](NC(=O)c1ccc(OC(F)F)c(OC)c1)c1ccncc1. The van der Waals surface area contributed by atoms with Crippen molar-refractivity contribution in [3.8, 4) is 11.5 Å². The molecule has 0 aliphatic carbocycles. The highest BCUT2D eigenvalue weighted by Gasteiger charge is 2.17. The number of pyridine rings is 1. The van der Waals surface area contributed by atoms with Crippen molar-refractivity contribution in [2.75, 3.05) is 7.11 Å². The van der Waals surface area contributed by atoms with E-state index in [1.807, 2.05) is 0 Å². The van der Waals surface area contributed by atoms with Crippen molar-refractivity contribution in [1.29, 1.82) is 0 Å². The monoisotopic (exact) mass is 348 g/mol. The molecule has 0 aliphatic rings. The third-order valence-corrected chi connectivity index (χ3v) is 3.46. The number of aromatic nitrogens is 1. The standard InChI is InChI=1S/C18H18F2N2O3/c1-3-4-14(12-7-9-21-10-8-12)22-17(23)13-5-6-15(25-18(19)20)16(11-13)24-2/h3,5-11,14,18H,1,4H2,2H3,(H,22,23)/t14-/m0/s1. The Hall–Kier alpha value is -2.96. The van der Waals surface area contributed by atoms with E-state index in [0.29, 0.717) is 6.42 Å². The Balaban J connectivity index is 2.19. The van der Waals surface area contributed by atoms with Gasteiger partial charge in [0.15, 0.2) is 11.5 Å². The van der Waals surface area contributed by atoms with Gasteiger partial charge in [0.25, 0.3) is 5.91 Å². The molecule has 25 heavy (non-hydrogen) atoms. The lowest BCUT2D eigenvalue weighted by Crippen LogP contribution is -2.28. The zero-order chi connectivity index (χ0) is 18.2. The third-order valence-electron chi connectivity index (χ3n) is 3.46. The van der Waals surface area contributed by atoms with Gasteiger partial charge in [-0.25, -0.2) is 0 Å². The van der Waals surface area contributed by atoms with E-state index in [-0.39, 0.29) is 29.0 Å². The molecule has 0 unspecified atom stereocenters. The molecule has 5 nitrogen and oxygen atoms in total. The first-order valence-electron chi connectivity index (χ1n) is 7.49. The van der Waals surface area contributed by atoms with Crippen LogP contribution in [0.3, 0.4) is 0 Å². The van der Waals surface area contributed by atoms with E-state index in [9.17, 15) is 13.6 Å². The number of nitrogens with zero attached hydrogens (tertiary/aromatic N) is 1. The maximum atomic E-state index is 12.5. The number of carbonyl (C=O) groups excluding carboxylic acids is 1. The number of amides is 1. The number of ether oxygens (including phenoxy) is 2. The number of methoxy groups -OCH3 is 1. The fourth-order valence-electron chi connectivity index (χ4n) is 2.28. The minimum absolute atomic E-state index is 0.0529. The van der Waals surface area contributed by atoms with Crippen LogP contribution in [0.5, 0.6) is 11.5 Å². The van der Waals surface area contributed by atoms with Gasteiger partial charge in [0.05, 0.1) is 13.2 Å². The quantitative estimate of drug-likeness (QED) is 0.738. The van der Waals surface area contributed by atoms with E-state index in [2.05, 4.69) is 21.6 Å². The highest BCUT2D eigenvalue weighted by molar-refractivity contribution is 5.95. The molecule has 1 N–H and O–H groups in total. The minimum Gasteiger partial charge on any atom is -0.493 e. The summed E-state index contributed by atoms with van der Waals surface area (Å²) in [6.45, 7) is 0.723. The number of hydrogen-bond donors (Lipinski definition) is 1. The van der Waals surface area contributed by atoms with E-state index in [4.69, 9.17) is 4.74 Å². The molecule has 0 radical (unpaired) electrons. The maximum Gasteiger partial charge on any atom is 0.387 e. The van der Waals surface area contributed by atoms with Crippen molar-refractivity contribution in [3.63, 3.8) is 0 Å². The molecule has 1 heterocycles. The van der Waals surface area contributed by atoms with Crippen molar-refractivity contribution >= 4 is 5.91 Å². The van der Waals surface area contributed by atoms with Gasteiger partial charge in [-0.15, -0.1) is 6.58 Å². The summed E-state index contributed by atoms with van der Waals surface area (Å²) in [5, 5.41) is 2.88. The van der Waals surface area contributed by atoms with Gasteiger partial charge in [-0.05, 0) is 42.3 Å². The Morgan fingerprint density at radius 1 is 1.28 bits per heavy atom. The summed E-state index contributed by atoms with van der Waals surface area (Å²) < 4.78 is 34.1. The van der Waals surface area contributed by atoms with E-state index in [1.165, 1.54) is 25.3 Å². The number of carbonyl (C=O) groups is 1. The molecule has 0 aliphatic heterocycles. The molecule has 0 saturated heterocycles. The van der Waals surface area contributed by atoms with Crippen LogP contribution in [0, 0.1) is 0 Å². The first kappa shape index (κ1) is 18.4. The second-order valence-corrected chi connectivity index (χ2v) is 5.08. The molecule has 2 aromatic rings. The topological polar surface area (TPSA) is 60.5 Å². The molecule has 0 bridgehead atoms. The molecular formula is C18H18F2N2O3. The first-order valence-corrected chi connectivity index (χ1v) is 7.49. The predicted molar refractivity (Wildman–Crippen MR) is 88.9 cm³/mol. The van der Waals surface area contributed by atoms with Crippen LogP contribution in [0.25, 0.3) is 0 Å². The number of benzene rings is 1. The molecule has 7 heteroatoms. The van der Waals surface area contributed by atoms with Gasteiger partial charge in [-0.2, -0.15) is 8.78 Å². The van der Waals surface area contributed by atoms with Gasteiger partial charge < -0.3 is 14.8 Å². The molecule has 1 aromatic carbocycles. The summed E-state index contributed by atoms with van der Waals surface area (Å²) >= 11 is 0. The lowest BCUT2D eigenvalue weighted by Gasteiger charge is -2.18. The molecule has 0 spiro atoms. The Labute approximate surface area is 144 Å². The fourth-order valence-corrected chi connectivity index (χ4v) is 2.28. The zero-order valence-electron chi connectivity index (χ0n) is 13.6. The van der Waals surface area contributed by atoms with Crippen LogP contribution in [-0.2, 0) is 0 Å². The normalized spacial score (nSPS) is 11.7. The zero-order valence-corrected chi connectivity index (χ0v) is 13.6. The van der Waals surface area contributed by atoms with Crippen molar-refractivity contribution < 1.29 is 23.0 Å². The Bertz CT molecular complexity index is 724. The van der Waals surface area contributed by atoms with E-state index >= 15 is 0 Å². The van der Waals surface area contributed by atoms with Gasteiger partial charge in [0.2, 0.25) is 0 Å². The fraction of sp³-hybridized carbons (Fsp3) is 0.222. The molecule has 0 saturated carbocycles. The summed E-state index contributed by atoms with van der Waals surface area (Å²) in [6.07, 6.45) is 5.50. The largest absolute Gasteiger partial charge is 0.493 e. The summed E-state index contributed by atoms with van der Waals surface area (Å²) in [5.41, 5.74) is 1.15. The van der Waals surface area contributed by atoms with Crippen LogP contribution < -0.4 is 14.8 Å². The summed E-state index contributed by atoms with van der Waals surface area (Å²) in [4.78, 5) is 16.5. The van der Waals surface area contributed by atoms with Gasteiger partial charge >= 0.3 is 6.61 Å². The van der Waals surface area contributed by atoms with Crippen molar-refractivity contribution in [3.05, 3.63) is 66.5 Å². The van der Waals surface area contributed by atoms with Gasteiger partial charge in [-0.1, -0.05) is 6.08 Å². The molecular weight excluding hydrogens is 330 g/mol. The highest BCUT2D eigenvalue weighted by Crippen LogP contribution is 2.29. The van der Waals surface area contributed by atoms with Crippen LogP contribution in [0.4, 0.5) is 8.78 Å². The average molecular weight is 348 g/mol. The van der Waals surface area contributed by atoms with Crippen molar-refractivity contribution in [2.45, 2.75) is 19.1 Å². The Kier molecular flexibility index (Phi) is 6.45. The van der Waals surface area contributed by atoms with E-state index in [1.54, 1.807) is 30.6 Å². The van der Waals surface area contributed by atoms with Crippen LogP contribution >= 0.6 is 0 Å². The summed E-state index contributed by atoms with van der Waals surface area (Å²) in [5.74, 6) is -0.450. The predicted octanol–water partition coefficient (Wildman–Crippen LogP) is 3.74. The molecule has 1 atom stereocenters. The van der Waals surface area contributed by atoms with Crippen LogP contribution in [0.1, 0.15) is 28.4 Å². The maximum absolute atomic E-state index is 12.5. The van der Waals surface area contributed by atoms with Crippen LogP contribution in [0.2, 0.25) is 0 Å². The summed E-state index contributed by atoms with van der Waals surface area (Å²) in [6, 6.07) is 7.34. The van der Waals surface area contributed by atoms with Gasteiger partial charge in [0, 0.05) is 18.0 Å². The van der Waals surface area contributed by atoms with Gasteiger partial charge in [0.1, 0.15) is 0 Å². The molecule has 0 fully saturated rings. The van der Waals surface area contributed by atoms with Crippen molar-refractivity contribution in [1.82, 2.24) is 10.3 Å². The van der Waals surface area contributed by atoms with Crippen LogP contribution in [0.15, 0.2) is 55.4 Å². The third kappa shape index (κ3) is 5.00. The number of nitrogens with one attached hydrogen (secondary N) is 1. The second kappa shape index (κ2) is 8.77. The number of hydrogen-bond acceptors (Lipinski definition) is 4. The number of alkyl halides is 2. The minimum atomic E-state index is -2.97. The van der Waals surface area contributed by atoms with Gasteiger partial charge in [-0.3, -0.25) is 9.78 Å². The van der Waals surface area contributed by atoms with E-state index < -0.39 is 6.61 Å². The van der Waals surface area contributed by atoms with Crippen LogP contribution in [-0.4, -0.2) is 24.6 Å². The van der Waals surface area contributed by atoms with Crippen molar-refractivity contribution in [2.24, 2.45) is 0 Å². The van der Waals surface area contributed by atoms with E-state index in [0.717, 1.165) is 5.56 Å². The highest BCUT2D eigenvalue weighted by atomic mass is 19.3. The molecule has 1 aromatic heterocycles. The second-order valence-electron chi connectivity index (χ2n) is 5.08. The Morgan fingerprint density at radius 3 is 2.60 bits per heavy atom. The smallest absolute Gasteiger partial charge is 0.387 e. The lowest BCUT2D eigenvalue weighted by atomic mass is 10.0. The molecule has 132 valence electrons. The number of rotatable bonds is 8. The molecule has 2 rings (SSSR count). The lowest BCUT2D eigenvalue weighted by molar-refractivity contribution is -0.0512. The first-order chi connectivity index (χ1) is 12.0. The number of halogens is 2. The Morgan fingerprint density at radius 2 is 2.00 bits per heavy atom. The average Bonchev–Trinajstić information content (AvgIpc) is 2.61. The molecule has 1 amide bonds. The summed E-state index contributed by atoms with van der Waals surface area (Å²) in [7, 11) is 1.31.